The molecule has 0 spiro atoms. The van der Waals surface area contributed by atoms with Crippen LogP contribution in [0.3, 0.4) is 0 Å². The van der Waals surface area contributed by atoms with E-state index in [1.807, 2.05) is 6.07 Å². The maximum atomic E-state index is 10.9. The molecule has 4 nitrogen and oxygen atoms in total. The van der Waals surface area contributed by atoms with Crippen molar-refractivity contribution in [3.63, 3.8) is 0 Å². The summed E-state index contributed by atoms with van der Waals surface area (Å²) in [6.45, 7) is 3.57. The first kappa shape index (κ1) is 13.5. The largest absolute Gasteiger partial charge is 0.343 e. The average Bonchev–Trinajstić information content (AvgIpc) is 2.69. The summed E-state index contributed by atoms with van der Waals surface area (Å²) < 4.78 is 31.9. The molecule has 0 aliphatic carbocycles. The summed E-state index contributed by atoms with van der Waals surface area (Å²) in [5.74, 6) is -0.714. The fourth-order valence-corrected chi connectivity index (χ4v) is 3.49. The van der Waals surface area contributed by atoms with Gasteiger partial charge in [0.05, 0.1) is 10.1 Å². The molecule has 3 atom stereocenters. The van der Waals surface area contributed by atoms with Crippen molar-refractivity contribution in [2.45, 2.75) is 31.8 Å². The summed E-state index contributed by atoms with van der Waals surface area (Å²) in [4.78, 5) is 0.913. The van der Waals surface area contributed by atoms with E-state index in [1.165, 1.54) is 11.3 Å². The SMILES string of the molecule is CC1(C)OC(CS(=O)O)C(c2ccc(Cl)s2)O1. The zero-order valence-electron chi connectivity index (χ0n) is 9.38. The highest BCUT2D eigenvalue weighted by Crippen LogP contribution is 2.41. The molecule has 96 valence electrons. The molecule has 3 unspecified atom stereocenters. The standard InChI is InChI=1S/C10H13ClO4S2/c1-10(2)14-6(5-17(12)13)9(15-10)7-3-4-8(11)16-7/h3-4,6,9H,5H2,1-2H3,(H,12,13). The normalized spacial score (nSPS) is 29.4. The van der Waals surface area contributed by atoms with Crippen LogP contribution in [0.25, 0.3) is 0 Å². The topological polar surface area (TPSA) is 55.8 Å². The predicted molar refractivity (Wildman–Crippen MR) is 67.7 cm³/mol. The van der Waals surface area contributed by atoms with Crippen LogP contribution < -0.4 is 0 Å². The van der Waals surface area contributed by atoms with Crippen molar-refractivity contribution in [3.05, 3.63) is 21.3 Å². The highest BCUT2D eigenvalue weighted by Gasteiger charge is 2.43. The number of hydrogen-bond acceptors (Lipinski definition) is 4. The molecule has 7 heteroatoms. The van der Waals surface area contributed by atoms with Gasteiger partial charge in [0.2, 0.25) is 0 Å². The van der Waals surface area contributed by atoms with Crippen LogP contribution in [-0.2, 0) is 20.6 Å². The lowest BCUT2D eigenvalue weighted by Crippen LogP contribution is -2.24. The van der Waals surface area contributed by atoms with Crippen LogP contribution in [0.2, 0.25) is 4.34 Å². The monoisotopic (exact) mass is 296 g/mol. The van der Waals surface area contributed by atoms with E-state index in [0.717, 1.165) is 4.88 Å². The molecule has 1 aliphatic rings. The van der Waals surface area contributed by atoms with Gasteiger partial charge in [-0.1, -0.05) is 11.6 Å². The van der Waals surface area contributed by atoms with Crippen molar-refractivity contribution in [1.29, 1.82) is 0 Å². The Hall–Kier alpha value is 0.0200. The van der Waals surface area contributed by atoms with Gasteiger partial charge in [-0.15, -0.1) is 11.3 Å². The Labute approximate surface area is 111 Å². The minimum absolute atomic E-state index is 0.0314. The first-order valence-electron chi connectivity index (χ1n) is 5.06. The maximum absolute atomic E-state index is 10.9. The summed E-state index contributed by atoms with van der Waals surface area (Å²) >= 11 is 5.36. The Balaban J connectivity index is 2.21. The molecule has 2 heterocycles. The van der Waals surface area contributed by atoms with Crippen LogP contribution in [0.5, 0.6) is 0 Å². The Kier molecular flexibility index (Phi) is 3.92. The first-order chi connectivity index (χ1) is 7.87. The minimum atomic E-state index is -1.91. The highest BCUT2D eigenvalue weighted by atomic mass is 35.5. The third-order valence-corrected chi connectivity index (χ3v) is 4.27. The Bertz CT molecular complexity index is 432. The van der Waals surface area contributed by atoms with E-state index in [0.29, 0.717) is 4.34 Å². The fraction of sp³-hybridized carbons (Fsp3) is 0.600. The van der Waals surface area contributed by atoms with E-state index in [2.05, 4.69) is 0 Å². The molecular formula is C10H13ClO4S2. The molecule has 17 heavy (non-hydrogen) atoms. The second kappa shape index (κ2) is 4.95. The van der Waals surface area contributed by atoms with Crippen molar-refractivity contribution in [2.75, 3.05) is 5.75 Å². The van der Waals surface area contributed by atoms with Crippen LogP contribution in [0, 0.1) is 0 Å². The lowest BCUT2D eigenvalue weighted by atomic mass is 10.2. The van der Waals surface area contributed by atoms with E-state index < -0.39 is 23.0 Å². The second-order valence-corrected chi connectivity index (χ2v) is 6.95. The third kappa shape index (κ3) is 3.27. The third-order valence-electron chi connectivity index (χ3n) is 2.36. The molecule has 1 fully saturated rings. The smallest absolute Gasteiger partial charge is 0.164 e. The van der Waals surface area contributed by atoms with Crippen LogP contribution in [-0.4, -0.2) is 26.4 Å². The second-order valence-electron chi connectivity index (χ2n) is 4.22. The summed E-state index contributed by atoms with van der Waals surface area (Å²) in [6, 6.07) is 3.64. The minimum Gasteiger partial charge on any atom is -0.343 e. The molecule has 0 saturated carbocycles. The van der Waals surface area contributed by atoms with Gasteiger partial charge in [0, 0.05) is 4.88 Å². The van der Waals surface area contributed by atoms with Crippen molar-refractivity contribution in [1.82, 2.24) is 0 Å². The zero-order valence-corrected chi connectivity index (χ0v) is 11.8. The molecule has 1 aromatic rings. The van der Waals surface area contributed by atoms with Gasteiger partial charge in [0.25, 0.3) is 0 Å². The summed E-state index contributed by atoms with van der Waals surface area (Å²) in [7, 11) is 0. The first-order valence-corrected chi connectivity index (χ1v) is 7.53. The van der Waals surface area contributed by atoms with Crippen LogP contribution in [0.4, 0.5) is 0 Å². The summed E-state index contributed by atoms with van der Waals surface area (Å²) in [5.41, 5.74) is 0. The van der Waals surface area contributed by atoms with Crippen LogP contribution in [0.1, 0.15) is 24.8 Å². The predicted octanol–water partition coefficient (Wildman–Crippen LogP) is 2.82. The lowest BCUT2D eigenvalue weighted by Gasteiger charge is -2.16. The Morgan fingerprint density at radius 2 is 2.24 bits per heavy atom. The van der Waals surface area contributed by atoms with Crippen LogP contribution >= 0.6 is 22.9 Å². The number of hydrogen-bond donors (Lipinski definition) is 1. The molecule has 2 rings (SSSR count). The molecule has 0 bridgehead atoms. The molecule has 1 saturated heterocycles. The molecule has 1 aliphatic heterocycles. The van der Waals surface area contributed by atoms with E-state index >= 15 is 0 Å². The molecule has 1 N–H and O–H groups in total. The van der Waals surface area contributed by atoms with E-state index in [1.54, 1.807) is 19.9 Å². The molecule has 0 aromatic carbocycles. The van der Waals surface area contributed by atoms with E-state index in [4.69, 9.17) is 25.6 Å². The zero-order chi connectivity index (χ0) is 12.6. The quantitative estimate of drug-likeness (QED) is 0.872. The van der Waals surface area contributed by atoms with Gasteiger partial charge in [0.15, 0.2) is 16.9 Å². The maximum Gasteiger partial charge on any atom is 0.164 e. The van der Waals surface area contributed by atoms with E-state index in [-0.39, 0.29) is 11.9 Å². The molecule has 0 amide bonds. The van der Waals surface area contributed by atoms with Gasteiger partial charge in [-0.25, -0.2) is 4.21 Å². The van der Waals surface area contributed by atoms with Gasteiger partial charge < -0.3 is 14.0 Å². The van der Waals surface area contributed by atoms with Crippen molar-refractivity contribution in [2.24, 2.45) is 0 Å². The van der Waals surface area contributed by atoms with Crippen LogP contribution in [0.15, 0.2) is 12.1 Å². The number of ether oxygens (including phenoxy) is 2. The molecular weight excluding hydrogens is 284 g/mol. The number of halogens is 1. The molecule has 1 aromatic heterocycles. The fourth-order valence-electron chi connectivity index (χ4n) is 1.82. The Morgan fingerprint density at radius 3 is 2.76 bits per heavy atom. The molecule has 0 radical (unpaired) electrons. The Morgan fingerprint density at radius 1 is 1.53 bits per heavy atom. The van der Waals surface area contributed by atoms with Gasteiger partial charge in [-0.2, -0.15) is 0 Å². The van der Waals surface area contributed by atoms with E-state index in [9.17, 15) is 4.21 Å². The lowest BCUT2D eigenvalue weighted by molar-refractivity contribution is -0.144. The van der Waals surface area contributed by atoms with Gasteiger partial charge in [0.1, 0.15) is 12.2 Å². The highest BCUT2D eigenvalue weighted by molar-refractivity contribution is 7.79. The van der Waals surface area contributed by atoms with Crippen molar-refractivity contribution in [3.8, 4) is 0 Å². The number of rotatable bonds is 3. The average molecular weight is 297 g/mol. The van der Waals surface area contributed by atoms with Gasteiger partial charge >= 0.3 is 0 Å². The van der Waals surface area contributed by atoms with Gasteiger partial charge in [-0.05, 0) is 26.0 Å². The summed E-state index contributed by atoms with van der Waals surface area (Å²) in [5, 5.41) is 0. The van der Waals surface area contributed by atoms with Gasteiger partial charge in [-0.3, -0.25) is 0 Å². The summed E-state index contributed by atoms with van der Waals surface area (Å²) in [6.07, 6.45) is -0.760. The van der Waals surface area contributed by atoms with Crippen molar-refractivity contribution >= 4 is 34.0 Å². The number of thiophene rings is 1. The van der Waals surface area contributed by atoms with Crippen molar-refractivity contribution < 1.29 is 18.2 Å².